The summed E-state index contributed by atoms with van der Waals surface area (Å²) in [4.78, 5) is 25.4. The highest BCUT2D eigenvalue weighted by atomic mass is 19.1. The van der Waals surface area contributed by atoms with Crippen molar-refractivity contribution in [2.75, 3.05) is 33.4 Å². The molecule has 1 amide bonds. The van der Waals surface area contributed by atoms with Crippen molar-refractivity contribution in [3.05, 3.63) is 83.4 Å². The van der Waals surface area contributed by atoms with Crippen molar-refractivity contribution in [1.29, 1.82) is 0 Å². The summed E-state index contributed by atoms with van der Waals surface area (Å²) < 4.78 is 30.4. The number of rotatable bonds is 13. The maximum absolute atomic E-state index is 14.1. The fourth-order valence-electron chi connectivity index (χ4n) is 3.73. The van der Waals surface area contributed by atoms with Gasteiger partial charge < -0.3 is 24.2 Å². The van der Waals surface area contributed by atoms with Crippen molar-refractivity contribution in [2.24, 2.45) is 0 Å². The molecule has 0 bridgehead atoms. The Labute approximate surface area is 216 Å². The molecule has 0 spiro atoms. The van der Waals surface area contributed by atoms with E-state index in [0.717, 1.165) is 16.3 Å². The Morgan fingerprint density at radius 2 is 1.78 bits per heavy atom. The molecule has 37 heavy (non-hydrogen) atoms. The van der Waals surface area contributed by atoms with E-state index in [1.165, 1.54) is 24.1 Å². The van der Waals surface area contributed by atoms with Crippen LogP contribution in [0.15, 0.2) is 72.3 Å². The van der Waals surface area contributed by atoms with Gasteiger partial charge in [-0.15, -0.1) is 0 Å². The number of methoxy groups -OCH3 is 1. The van der Waals surface area contributed by atoms with Crippen molar-refractivity contribution in [2.45, 2.75) is 26.1 Å². The minimum absolute atomic E-state index is 0.104. The third-order valence-corrected chi connectivity index (χ3v) is 5.65. The fourth-order valence-corrected chi connectivity index (χ4v) is 3.73. The highest BCUT2D eigenvalue weighted by Gasteiger charge is 2.21. The second kappa shape index (κ2) is 14.0. The highest BCUT2D eigenvalue weighted by molar-refractivity contribution is 5.88. The molecule has 1 unspecified atom stereocenters. The molecular weight excluding hydrogens is 477 g/mol. The van der Waals surface area contributed by atoms with Gasteiger partial charge in [-0.3, -0.25) is 0 Å². The van der Waals surface area contributed by atoms with E-state index in [1.54, 1.807) is 12.1 Å². The number of amides is 1. The summed E-state index contributed by atoms with van der Waals surface area (Å²) in [7, 11) is 1.52. The first kappa shape index (κ1) is 27.7. The third kappa shape index (κ3) is 8.32. The van der Waals surface area contributed by atoms with E-state index in [2.05, 4.69) is 0 Å². The molecule has 0 aromatic heterocycles. The zero-order valence-electron chi connectivity index (χ0n) is 21.1. The van der Waals surface area contributed by atoms with Gasteiger partial charge in [0.25, 0.3) is 0 Å². The van der Waals surface area contributed by atoms with Crippen molar-refractivity contribution in [3.63, 3.8) is 0 Å². The van der Waals surface area contributed by atoms with Crippen LogP contribution >= 0.6 is 0 Å². The molecule has 0 saturated heterocycles. The Bertz CT molecular complexity index is 1210. The molecule has 8 heteroatoms. The Hall–Kier alpha value is -3.91. The number of carbonyl (C=O) groups is 2. The Kier molecular flexibility index (Phi) is 10.5. The number of carbonyl (C=O) groups excluding carboxylic acids is 1. The maximum atomic E-state index is 14.1. The van der Waals surface area contributed by atoms with Crippen LogP contribution in [0, 0.1) is 0 Å². The molecule has 0 fully saturated rings. The van der Waals surface area contributed by atoms with E-state index in [4.69, 9.17) is 14.2 Å². The molecule has 3 aromatic rings. The molecule has 3 rings (SSSR count). The number of carboxylic acid groups (broad SMARTS) is 1. The number of ether oxygens (including phenoxy) is 3. The molecule has 0 aliphatic heterocycles. The smallest absolute Gasteiger partial charge is 0.412 e. The van der Waals surface area contributed by atoms with E-state index in [0.29, 0.717) is 17.7 Å². The summed E-state index contributed by atoms with van der Waals surface area (Å²) in [5.74, 6) is -0.334. The van der Waals surface area contributed by atoms with E-state index >= 15 is 0 Å². The van der Waals surface area contributed by atoms with Crippen LogP contribution in [0.4, 0.5) is 9.18 Å². The second-order valence-corrected chi connectivity index (χ2v) is 8.49. The van der Waals surface area contributed by atoms with Crippen molar-refractivity contribution >= 4 is 28.9 Å². The molecule has 0 saturated carbocycles. The number of benzene rings is 3. The molecule has 7 nitrogen and oxygen atoms in total. The zero-order chi connectivity index (χ0) is 26.6. The van der Waals surface area contributed by atoms with Gasteiger partial charge in [-0.1, -0.05) is 61.5 Å². The van der Waals surface area contributed by atoms with Gasteiger partial charge in [0.1, 0.15) is 12.4 Å². The van der Waals surface area contributed by atoms with Gasteiger partial charge in [0.2, 0.25) is 6.36 Å². The van der Waals surface area contributed by atoms with Crippen molar-refractivity contribution < 1.29 is 33.3 Å². The van der Waals surface area contributed by atoms with Crippen LogP contribution in [-0.2, 0) is 9.47 Å². The van der Waals surface area contributed by atoms with Crippen LogP contribution in [0.3, 0.4) is 0 Å². The van der Waals surface area contributed by atoms with Crippen LogP contribution < -0.4 is 4.74 Å². The van der Waals surface area contributed by atoms with E-state index < -0.39 is 18.4 Å². The van der Waals surface area contributed by atoms with Gasteiger partial charge in [-0.25, -0.2) is 14.0 Å². The predicted octanol–water partition coefficient (Wildman–Crippen LogP) is 6.18. The molecule has 1 N–H and O–H groups in total. The molecule has 196 valence electrons. The molecule has 3 aromatic carbocycles. The lowest BCUT2D eigenvalue weighted by Crippen LogP contribution is -2.38. The van der Waals surface area contributed by atoms with Gasteiger partial charge in [0.15, 0.2) is 0 Å². The quantitative estimate of drug-likeness (QED) is 0.296. The summed E-state index contributed by atoms with van der Waals surface area (Å²) in [6.45, 7) is 2.48. The number of halogens is 1. The number of fused-ring (bicyclic) bond motifs is 1. The number of aromatic carboxylic acids is 1. The Balaban J connectivity index is 1.87. The lowest BCUT2D eigenvalue weighted by Gasteiger charge is -2.24. The van der Waals surface area contributed by atoms with Gasteiger partial charge >= 0.3 is 12.1 Å². The molecule has 1 atom stereocenters. The molecule has 0 aliphatic carbocycles. The summed E-state index contributed by atoms with van der Waals surface area (Å²) in [6, 6.07) is 20.0. The van der Waals surface area contributed by atoms with Gasteiger partial charge in [-0.05, 0) is 41.1 Å². The lowest BCUT2D eigenvalue weighted by atomic mass is 10.1. The first-order valence-corrected chi connectivity index (χ1v) is 12.1. The summed E-state index contributed by atoms with van der Waals surface area (Å²) in [5.41, 5.74) is 1.60. The fraction of sp³-hybridized carbons (Fsp3) is 0.310. The average Bonchev–Trinajstić information content (AvgIpc) is 2.89. The van der Waals surface area contributed by atoms with Crippen LogP contribution in [0.2, 0.25) is 0 Å². The minimum Gasteiger partial charge on any atom is -0.489 e. The first-order valence-electron chi connectivity index (χ1n) is 12.1. The van der Waals surface area contributed by atoms with Crippen LogP contribution in [0.1, 0.15) is 35.7 Å². The zero-order valence-corrected chi connectivity index (χ0v) is 21.1. The number of carboxylic acids is 1. The van der Waals surface area contributed by atoms with Crippen LogP contribution in [-0.4, -0.2) is 61.8 Å². The molecule has 0 radical (unpaired) electrons. The lowest BCUT2D eigenvalue weighted by molar-refractivity contribution is -0.0125. The number of nitrogens with zero attached hydrogens (tertiary/aromatic N) is 1. The van der Waals surface area contributed by atoms with E-state index in [9.17, 15) is 19.1 Å². The van der Waals surface area contributed by atoms with Gasteiger partial charge in [0, 0.05) is 32.0 Å². The van der Waals surface area contributed by atoms with Gasteiger partial charge in [-0.2, -0.15) is 0 Å². The predicted molar refractivity (Wildman–Crippen MR) is 141 cm³/mol. The van der Waals surface area contributed by atoms with Crippen molar-refractivity contribution in [1.82, 2.24) is 4.90 Å². The third-order valence-electron chi connectivity index (χ3n) is 5.65. The summed E-state index contributed by atoms with van der Waals surface area (Å²) in [5, 5.41) is 11.2. The Morgan fingerprint density at radius 1 is 1.05 bits per heavy atom. The SMILES string of the molecule is CCCC(F)OC(=O)N(CCOC)CC(=Cc1ccc(C(=O)O)cc1)COc1cccc2ccccc12. The molecule has 0 aliphatic rings. The number of alkyl halides is 1. The largest absolute Gasteiger partial charge is 0.489 e. The maximum Gasteiger partial charge on any atom is 0.412 e. The van der Waals surface area contributed by atoms with Gasteiger partial charge in [0.05, 0.1) is 12.2 Å². The van der Waals surface area contributed by atoms with E-state index in [1.807, 2.05) is 55.5 Å². The van der Waals surface area contributed by atoms with Crippen molar-refractivity contribution in [3.8, 4) is 5.75 Å². The van der Waals surface area contributed by atoms with Crippen LogP contribution in [0.5, 0.6) is 5.75 Å². The summed E-state index contributed by atoms with van der Waals surface area (Å²) in [6.07, 6.45) is 0.0130. The highest BCUT2D eigenvalue weighted by Crippen LogP contribution is 2.26. The first-order chi connectivity index (χ1) is 17.9. The normalized spacial score (nSPS) is 12.2. The monoisotopic (exact) mass is 509 g/mol. The van der Waals surface area contributed by atoms with E-state index in [-0.39, 0.29) is 38.3 Å². The number of hydrogen-bond donors (Lipinski definition) is 1. The van der Waals surface area contributed by atoms with Crippen LogP contribution in [0.25, 0.3) is 16.8 Å². The molecular formula is C29H32FNO6. The second-order valence-electron chi connectivity index (χ2n) is 8.49. The Morgan fingerprint density at radius 3 is 2.49 bits per heavy atom. The standard InChI is InChI=1S/C29H32FNO6/c1-3-7-27(30)37-29(34)31(16-17-35-2)19-22(18-21-12-14-24(15-13-21)28(32)33)20-36-26-11-6-9-23-8-4-5-10-25(23)26/h4-6,8-15,18,27H,3,7,16-17,19-20H2,1-2H3,(H,32,33). The number of hydrogen-bond acceptors (Lipinski definition) is 5. The minimum atomic E-state index is -1.69. The average molecular weight is 510 g/mol. The summed E-state index contributed by atoms with van der Waals surface area (Å²) >= 11 is 0. The topological polar surface area (TPSA) is 85.3 Å². The molecule has 0 heterocycles.